The van der Waals surface area contributed by atoms with Crippen molar-refractivity contribution in [1.82, 2.24) is 0 Å². The zero-order valence-electron chi connectivity index (χ0n) is 6.73. The van der Waals surface area contributed by atoms with Gasteiger partial charge in [0.05, 0.1) is 13.3 Å². The summed E-state index contributed by atoms with van der Waals surface area (Å²) in [6.07, 6.45) is 2.31. The van der Waals surface area contributed by atoms with Crippen molar-refractivity contribution in [1.29, 1.82) is 0 Å². The van der Waals surface area contributed by atoms with E-state index in [4.69, 9.17) is 5.11 Å². The van der Waals surface area contributed by atoms with Gasteiger partial charge in [0.2, 0.25) is 0 Å². The minimum atomic E-state index is -0.341. The second-order valence-electron chi connectivity index (χ2n) is 2.71. The van der Waals surface area contributed by atoms with E-state index in [-0.39, 0.29) is 25.9 Å². The average molecular weight is 166 g/mol. The van der Waals surface area contributed by atoms with Crippen molar-refractivity contribution in [2.75, 3.05) is 20.0 Å². The third kappa shape index (κ3) is 6.23. The van der Waals surface area contributed by atoms with E-state index in [0.717, 1.165) is 0 Å². The van der Waals surface area contributed by atoms with Crippen LogP contribution < -0.4 is 0 Å². The van der Waals surface area contributed by atoms with Gasteiger partial charge in [-0.25, -0.2) is 0 Å². The third-order valence-electron chi connectivity index (χ3n) is 1.75. The summed E-state index contributed by atoms with van der Waals surface area (Å²) in [5.41, 5.74) is 0. The first-order valence-electron chi connectivity index (χ1n) is 4.08. The molecule has 0 aromatic rings. The highest BCUT2D eigenvalue weighted by molar-refractivity contribution is 4.57. The van der Waals surface area contributed by atoms with E-state index >= 15 is 0 Å². The van der Waals surface area contributed by atoms with Crippen LogP contribution in [0.15, 0.2) is 0 Å². The summed E-state index contributed by atoms with van der Waals surface area (Å²) >= 11 is 0. The van der Waals surface area contributed by atoms with E-state index in [9.17, 15) is 8.78 Å². The Bertz CT molecular complexity index is 70.5. The molecule has 3 heteroatoms. The molecule has 0 radical (unpaired) electrons. The molecule has 0 atom stereocenters. The molecule has 0 saturated carbocycles. The minimum absolute atomic E-state index is 0.0556. The maximum absolute atomic E-state index is 11.7. The fourth-order valence-corrected chi connectivity index (χ4v) is 1.06. The van der Waals surface area contributed by atoms with Crippen molar-refractivity contribution in [2.45, 2.75) is 25.7 Å². The number of alkyl halides is 2. The smallest absolute Gasteiger partial charge is 0.0894 e. The highest BCUT2D eigenvalue weighted by Crippen LogP contribution is 2.12. The van der Waals surface area contributed by atoms with Gasteiger partial charge in [0.1, 0.15) is 0 Å². The van der Waals surface area contributed by atoms with Crippen LogP contribution in [0.25, 0.3) is 0 Å². The molecule has 0 amide bonds. The normalized spacial score (nSPS) is 10.9. The SMILES string of the molecule is OCC(CCCF)CCCF. The molecule has 0 aromatic heterocycles. The minimum Gasteiger partial charge on any atom is -0.396 e. The van der Waals surface area contributed by atoms with Crippen molar-refractivity contribution < 1.29 is 13.9 Å². The Morgan fingerprint density at radius 2 is 1.45 bits per heavy atom. The standard InChI is InChI=1S/C8H16F2O/c9-5-1-3-8(7-11)4-2-6-10/h8,11H,1-7H2. The molecule has 0 fully saturated rings. The molecule has 0 aliphatic rings. The van der Waals surface area contributed by atoms with E-state index in [0.29, 0.717) is 25.7 Å². The molecule has 0 aliphatic carbocycles. The Hall–Kier alpha value is -0.180. The molecule has 0 heterocycles. The van der Waals surface area contributed by atoms with Crippen molar-refractivity contribution in [3.05, 3.63) is 0 Å². The number of hydrogen-bond donors (Lipinski definition) is 1. The zero-order valence-corrected chi connectivity index (χ0v) is 6.73. The van der Waals surface area contributed by atoms with Crippen molar-refractivity contribution in [3.8, 4) is 0 Å². The average Bonchev–Trinajstić information content (AvgIpc) is 2.05. The third-order valence-corrected chi connectivity index (χ3v) is 1.75. The number of aliphatic hydroxyl groups is 1. The van der Waals surface area contributed by atoms with Crippen LogP contribution in [0, 0.1) is 5.92 Å². The molecule has 0 unspecified atom stereocenters. The Balaban J connectivity index is 3.25. The maximum atomic E-state index is 11.7. The zero-order chi connectivity index (χ0) is 8.53. The molecule has 0 rings (SSSR count). The Kier molecular flexibility index (Phi) is 7.79. The molecule has 1 N–H and O–H groups in total. The van der Waals surface area contributed by atoms with Gasteiger partial charge in [0.15, 0.2) is 0 Å². The van der Waals surface area contributed by atoms with Gasteiger partial charge in [0, 0.05) is 6.61 Å². The fraction of sp³-hybridized carbons (Fsp3) is 1.00. The van der Waals surface area contributed by atoms with E-state index in [1.54, 1.807) is 0 Å². The summed E-state index contributed by atoms with van der Waals surface area (Å²) in [5, 5.41) is 8.73. The van der Waals surface area contributed by atoms with Crippen LogP contribution in [0.2, 0.25) is 0 Å². The van der Waals surface area contributed by atoms with Crippen LogP contribution in [0.4, 0.5) is 8.78 Å². The Morgan fingerprint density at radius 1 is 1.00 bits per heavy atom. The van der Waals surface area contributed by atoms with E-state index < -0.39 is 0 Å². The molecule has 68 valence electrons. The molecule has 0 aliphatic heterocycles. The summed E-state index contributed by atoms with van der Waals surface area (Å²) in [5.74, 6) is 0.0986. The monoisotopic (exact) mass is 166 g/mol. The Labute approximate surface area is 66.4 Å². The quantitative estimate of drug-likeness (QED) is 0.614. The first-order valence-corrected chi connectivity index (χ1v) is 4.08. The van der Waals surface area contributed by atoms with Crippen LogP contribution >= 0.6 is 0 Å². The molecular weight excluding hydrogens is 150 g/mol. The van der Waals surface area contributed by atoms with Crippen molar-refractivity contribution in [3.63, 3.8) is 0 Å². The summed E-state index contributed by atoms with van der Waals surface area (Å²) in [6.45, 7) is -0.627. The largest absolute Gasteiger partial charge is 0.396 e. The van der Waals surface area contributed by atoms with Gasteiger partial charge < -0.3 is 5.11 Å². The summed E-state index contributed by atoms with van der Waals surface area (Å²) in [4.78, 5) is 0. The van der Waals surface area contributed by atoms with Crippen LogP contribution in [0.5, 0.6) is 0 Å². The number of rotatable bonds is 7. The lowest BCUT2D eigenvalue weighted by Gasteiger charge is -2.10. The second kappa shape index (κ2) is 7.92. The molecule has 0 saturated heterocycles. The molecular formula is C8H16F2O. The summed E-state index contributed by atoms with van der Waals surface area (Å²) < 4.78 is 23.3. The van der Waals surface area contributed by atoms with Gasteiger partial charge in [-0.15, -0.1) is 0 Å². The van der Waals surface area contributed by atoms with Gasteiger partial charge in [-0.05, 0) is 31.6 Å². The van der Waals surface area contributed by atoms with E-state index in [2.05, 4.69) is 0 Å². The van der Waals surface area contributed by atoms with Crippen LogP contribution in [-0.4, -0.2) is 25.1 Å². The molecule has 0 aromatic carbocycles. The Morgan fingerprint density at radius 3 is 1.73 bits per heavy atom. The topological polar surface area (TPSA) is 20.2 Å². The van der Waals surface area contributed by atoms with Gasteiger partial charge in [-0.3, -0.25) is 8.78 Å². The summed E-state index contributed by atoms with van der Waals surface area (Å²) in [7, 11) is 0. The number of hydrogen-bond acceptors (Lipinski definition) is 1. The van der Waals surface area contributed by atoms with Gasteiger partial charge in [-0.2, -0.15) is 0 Å². The molecule has 0 bridgehead atoms. The number of halogens is 2. The van der Waals surface area contributed by atoms with Gasteiger partial charge in [0.25, 0.3) is 0 Å². The predicted octanol–water partition coefficient (Wildman–Crippen LogP) is 2.09. The lowest BCUT2D eigenvalue weighted by molar-refractivity contribution is 0.200. The van der Waals surface area contributed by atoms with Crippen LogP contribution in [-0.2, 0) is 0 Å². The lowest BCUT2D eigenvalue weighted by Crippen LogP contribution is -2.06. The van der Waals surface area contributed by atoms with Gasteiger partial charge >= 0.3 is 0 Å². The maximum Gasteiger partial charge on any atom is 0.0894 e. The summed E-state index contributed by atoms with van der Waals surface area (Å²) in [6, 6.07) is 0. The molecule has 0 spiro atoms. The lowest BCUT2D eigenvalue weighted by atomic mass is 9.99. The molecule has 1 nitrogen and oxygen atoms in total. The highest BCUT2D eigenvalue weighted by Gasteiger charge is 2.05. The van der Waals surface area contributed by atoms with Crippen molar-refractivity contribution >= 4 is 0 Å². The van der Waals surface area contributed by atoms with Crippen LogP contribution in [0.3, 0.4) is 0 Å². The first-order chi connectivity index (χ1) is 5.35. The number of aliphatic hydroxyl groups excluding tert-OH is 1. The molecule has 11 heavy (non-hydrogen) atoms. The second-order valence-corrected chi connectivity index (χ2v) is 2.71. The van der Waals surface area contributed by atoms with Crippen LogP contribution in [0.1, 0.15) is 25.7 Å². The first kappa shape index (κ1) is 10.8. The van der Waals surface area contributed by atoms with E-state index in [1.807, 2.05) is 0 Å². The highest BCUT2D eigenvalue weighted by atomic mass is 19.1. The van der Waals surface area contributed by atoms with Gasteiger partial charge in [-0.1, -0.05) is 0 Å². The van der Waals surface area contributed by atoms with Crippen molar-refractivity contribution in [2.24, 2.45) is 5.92 Å². The predicted molar refractivity (Wildman–Crippen MR) is 41.0 cm³/mol. The fourth-order valence-electron chi connectivity index (χ4n) is 1.06. The van der Waals surface area contributed by atoms with E-state index in [1.165, 1.54) is 0 Å².